The molecule has 0 heterocycles. The summed E-state index contributed by atoms with van der Waals surface area (Å²) < 4.78 is 5.44. The number of carbonyl (C=O) groups excluding carboxylic acids is 2. The van der Waals surface area contributed by atoms with Gasteiger partial charge in [-0.2, -0.15) is 0 Å². The summed E-state index contributed by atoms with van der Waals surface area (Å²) in [7, 11) is 0. The van der Waals surface area contributed by atoms with Crippen molar-refractivity contribution in [3.8, 4) is 0 Å². The quantitative estimate of drug-likeness (QED) is 0.0245. The van der Waals surface area contributed by atoms with Crippen LogP contribution in [0.4, 0.5) is 0 Å². The number of carbonyl (C=O) groups is 2. The molecule has 0 fully saturated rings. The average molecular weight is 870 g/mol. The Morgan fingerprint density at radius 1 is 0.468 bits per heavy atom. The highest BCUT2D eigenvalue weighted by molar-refractivity contribution is 5.76. The molecule has 0 aliphatic heterocycles. The van der Waals surface area contributed by atoms with Crippen LogP contribution in [-0.4, -0.2) is 47.4 Å². The first-order valence-corrected chi connectivity index (χ1v) is 26.9. The molecule has 362 valence electrons. The van der Waals surface area contributed by atoms with Gasteiger partial charge >= 0.3 is 5.97 Å². The van der Waals surface area contributed by atoms with Gasteiger partial charge in [0, 0.05) is 12.8 Å². The van der Waals surface area contributed by atoms with E-state index in [0.717, 1.165) is 83.5 Å². The fourth-order valence-electron chi connectivity index (χ4n) is 7.95. The largest absolute Gasteiger partial charge is 0.466 e. The Labute approximate surface area is 385 Å². The predicted octanol–water partition coefficient (Wildman–Crippen LogP) is 16.2. The van der Waals surface area contributed by atoms with E-state index in [-0.39, 0.29) is 18.5 Å². The third-order valence-corrected chi connectivity index (χ3v) is 12.1. The summed E-state index contributed by atoms with van der Waals surface area (Å²) in [6, 6.07) is -0.549. The number of aliphatic hydroxyl groups is 2. The van der Waals surface area contributed by atoms with Crippen molar-refractivity contribution in [2.45, 2.75) is 283 Å². The topological polar surface area (TPSA) is 95.9 Å². The monoisotopic (exact) mass is 870 g/mol. The van der Waals surface area contributed by atoms with Gasteiger partial charge in [-0.3, -0.25) is 9.59 Å². The maximum absolute atomic E-state index is 12.4. The van der Waals surface area contributed by atoms with E-state index in [0.29, 0.717) is 25.9 Å². The Bertz CT molecular complexity index is 1050. The van der Waals surface area contributed by atoms with Crippen molar-refractivity contribution in [1.29, 1.82) is 0 Å². The van der Waals surface area contributed by atoms with Gasteiger partial charge in [-0.15, -0.1) is 0 Å². The SMILES string of the molecule is CCCCC/C=C\C/C=C\CCCCCCCC(=O)OCCCCC/C=C\C=C/CCCCCCCCCCCCC(=O)NC(CO)C(O)CCCCCCCCCCCCC. The smallest absolute Gasteiger partial charge is 0.305 e. The number of unbranched alkanes of at least 4 members (excludes halogenated alkanes) is 31. The van der Waals surface area contributed by atoms with Crippen LogP contribution in [0.1, 0.15) is 271 Å². The maximum Gasteiger partial charge on any atom is 0.305 e. The number of rotatable bonds is 49. The first kappa shape index (κ1) is 59.8. The van der Waals surface area contributed by atoms with E-state index in [9.17, 15) is 19.8 Å². The minimum Gasteiger partial charge on any atom is -0.466 e. The van der Waals surface area contributed by atoms with Crippen molar-refractivity contribution in [2.75, 3.05) is 13.2 Å². The number of hydrogen-bond donors (Lipinski definition) is 3. The van der Waals surface area contributed by atoms with Crippen molar-refractivity contribution in [3.05, 3.63) is 48.6 Å². The lowest BCUT2D eigenvalue weighted by molar-refractivity contribution is -0.143. The number of ether oxygens (including phenoxy) is 1. The Balaban J connectivity index is 3.49. The highest BCUT2D eigenvalue weighted by Crippen LogP contribution is 2.16. The van der Waals surface area contributed by atoms with Gasteiger partial charge in [0.05, 0.1) is 25.4 Å². The molecule has 0 spiro atoms. The van der Waals surface area contributed by atoms with E-state index in [1.807, 2.05) is 0 Å². The molecule has 2 atom stereocenters. The van der Waals surface area contributed by atoms with Crippen LogP contribution in [0.3, 0.4) is 0 Å². The summed E-state index contributed by atoms with van der Waals surface area (Å²) >= 11 is 0. The van der Waals surface area contributed by atoms with Gasteiger partial charge in [-0.05, 0) is 89.9 Å². The van der Waals surface area contributed by atoms with Gasteiger partial charge in [0.25, 0.3) is 0 Å². The molecule has 0 saturated carbocycles. The summed E-state index contributed by atoms with van der Waals surface area (Å²) in [5, 5.41) is 23.1. The van der Waals surface area contributed by atoms with Gasteiger partial charge in [0.15, 0.2) is 0 Å². The van der Waals surface area contributed by atoms with Crippen LogP contribution in [0.5, 0.6) is 0 Å². The van der Waals surface area contributed by atoms with Gasteiger partial charge in [0.1, 0.15) is 0 Å². The lowest BCUT2D eigenvalue weighted by Crippen LogP contribution is -2.45. The summed E-state index contributed by atoms with van der Waals surface area (Å²) in [6.45, 7) is 4.86. The first-order chi connectivity index (χ1) is 30.5. The summed E-state index contributed by atoms with van der Waals surface area (Å²) in [5.74, 6) is -0.0755. The Morgan fingerprint density at radius 3 is 1.35 bits per heavy atom. The van der Waals surface area contributed by atoms with Crippen LogP contribution in [0.25, 0.3) is 0 Å². The van der Waals surface area contributed by atoms with E-state index < -0.39 is 12.1 Å². The number of hydrogen-bond acceptors (Lipinski definition) is 5. The number of esters is 1. The second-order valence-electron chi connectivity index (χ2n) is 18.2. The number of aliphatic hydroxyl groups excluding tert-OH is 2. The normalized spacial score (nSPS) is 13.0. The number of allylic oxidation sites excluding steroid dienone is 8. The molecule has 0 aromatic rings. The van der Waals surface area contributed by atoms with Gasteiger partial charge in [-0.1, -0.05) is 217 Å². The Kier molecular flexibility index (Phi) is 49.6. The van der Waals surface area contributed by atoms with Gasteiger partial charge < -0.3 is 20.3 Å². The van der Waals surface area contributed by atoms with Gasteiger partial charge in [0.2, 0.25) is 5.91 Å². The fourth-order valence-corrected chi connectivity index (χ4v) is 7.95. The van der Waals surface area contributed by atoms with E-state index in [2.05, 4.69) is 67.8 Å². The second-order valence-corrected chi connectivity index (χ2v) is 18.2. The molecule has 6 heteroatoms. The highest BCUT2D eigenvalue weighted by atomic mass is 16.5. The predicted molar refractivity (Wildman–Crippen MR) is 269 cm³/mol. The molecule has 2 unspecified atom stereocenters. The van der Waals surface area contributed by atoms with Crippen molar-refractivity contribution >= 4 is 11.9 Å². The van der Waals surface area contributed by atoms with Crippen LogP contribution in [-0.2, 0) is 14.3 Å². The lowest BCUT2D eigenvalue weighted by Gasteiger charge is -2.22. The highest BCUT2D eigenvalue weighted by Gasteiger charge is 2.20. The zero-order valence-corrected chi connectivity index (χ0v) is 41.1. The van der Waals surface area contributed by atoms with Crippen molar-refractivity contribution in [3.63, 3.8) is 0 Å². The Morgan fingerprint density at radius 2 is 0.855 bits per heavy atom. The molecule has 0 aromatic heterocycles. The molecule has 1 amide bonds. The zero-order chi connectivity index (χ0) is 45.1. The molecule has 0 radical (unpaired) electrons. The molecule has 0 bridgehead atoms. The molecule has 62 heavy (non-hydrogen) atoms. The molecule has 6 nitrogen and oxygen atoms in total. The number of amides is 1. The van der Waals surface area contributed by atoms with Crippen molar-refractivity contribution < 1.29 is 24.5 Å². The molecule has 0 aliphatic rings. The van der Waals surface area contributed by atoms with E-state index in [1.54, 1.807) is 0 Å². The van der Waals surface area contributed by atoms with Gasteiger partial charge in [-0.25, -0.2) is 0 Å². The fraction of sp³-hybridized carbons (Fsp3) is 0.821. The third kappa shape index (κ3) is 47.3. The molecular weight excluding hydrogens is 767 g/mol. The number of nitrogens with one attached hydrogen (secondary N) is 1. The molecular formula is C56H103NO5. The van der Waals surface area contributed by atoms with Crippen LogP contribution in [0.2, 0.25) is 0 Å². The summed E-state index contributed by atoms with van der Waals surface area (Å²) in [4.78, 5) is 24.4. The van der Waals surface area contributed by atoms with Crippen LogP contribution in [0.15, 0.2) is 48.6 Å². The average Bonchev–Trinajstić information content (AvgIpc) is 3.27. The van der Waals surface area contributed by atoms with Crippen molar-refractivity contribution in [2.24, 2.45) is 0 Å². The molecule has 0 aliphatic carbocycles. The lowest BCUT2D eigenvalue weighted by atomic mass is 10.0. The summed E-state index contributed by atoms with van der Waals surface area (Å²) in [6.07, 6.45) is 63.8. The minimum absolute atomic E-state index is 0.0282. The third-order valence-electron chi connectivity index (χ3n) is 12.1. The minimum atomic E-state index is -0.670. The van der Waals surface area contributed by atoms with Crippen molar-refractivity contribution in [1.82, 2.24) is 5.32 Å². The van der Waals surface area contributed by atoms with Crippen LogP contribution in [0, 0.1) is 0 Å². The van der Waals surface area contributed by atoms with Crippen LogP contribution < -0.4 is 5.32 Å². The van der Waals surface area contributed by atoms with E-state index in [4.69, 9.17) is 4.74 Å². The molecule has 0 aromatic carbocycles. The molecule has 0 saturated heterocycles. The van der Waals surface area contributed by atoms with Crippen LogP contribution >= 0.6 is 0 Å². The first-order valence-electron chi connectivity index (χ1n) is 26.9. The van der Waals surface area contributed by atoms with E-state index >= 15 is 0 Å². The standard InChI is InChI=1S/C56H103NO5/c1-3-5-7-9-11-13-15-16-22-26-30-34-38-42-46-50-56(61)62-51-47-43-39-35-31-27-24-21-19-17-18-20-23-25-29-33-37-41-45-49-55(60)57-53(52-58)54(59)48-44-40-36-32-28-14-12-10-8-6-4-2/h11,13,16,21-22,24,27,31,53-54,58-59H,3-10,12,14-15,17-20,23,25-26,28-30,32-52H2,1-2H3,(H,57,60)/b13-11-,22-16-,24-21-,31-27-. The maximum atomic E-state index is 12.4. The summed E-state index contributed by atoms with van der Waals surface area (Å²) in [5.41, 5.74) is 0. The molecule has 0 rings (SSSR count). The Hall–Kier alpha value is -2.18. The zero-order valence-electron chi connectivity index (χ0n) is 41.1. The van der Waals surface area contributed by atoms with E-state index in [1.165, 1.54) is 154 Å². The second kappa shape index (κ2) is 51.5. The molecule has 3 N–H and O–H groups in total.